The van der Waals surface area contributed by atoms with E-state index in [-0.39, 0.29) is 12.0 Å². The minimum absolute atomic E-state index is 0.156. The molecule has 1 aromatic rings. The van der Waals surface area contributed by atoms with Gasteiger partial charge in [0.1, 0.15) is 0 Å². The predicted molar refractivity (Wildman–Crippen MR) is 62.1 cm³/mol. The lowest BCUT2D eigenvalue weighted by atomic mass is 10.3. The summed E-state index contributed by atoms with van der Waals surface area (Å²) < 4.78 is 1.03. The first-order valence-electron chi connectivity index (χ1n) is 4.81. The molecule has 1 aromatic carbocycles. The highest BCUT2D eigenvalue weighted by molar-refractivity contribution is 9.10. The molecule has 2 unspecified atom stereocenters. The van der Waals surface area contributed by atoms with Gasteiger partial charge in [0.05, 0.1) is 5.92 Å². The number of hydrogen-bond donors (Lipinski definition) is 1. The van der Waals surface area contributed by atoms with E-state index < -0.39 is 5.97 Å². The number of anilines is 1. The van der Waals surface area contributed by atoms with Gasteiger partial charge in [-0.25, -0.2) is 0 Å². The first-order valence-corrected chi connectivity index (χ1v) is 5.60. The Morgan fingerprint density at radius 3 is 2.53 bits per heavy atom. The van der Waals surface area contributed by atoms with Gasteiger partial charge in [-0.3, -0.25) is 4.79 Å². The number of rotatable bonds is 3. The van der Waals surface area contributed by atoms with Crippen molar-refractivity contribution in [3.05, 3.63) is 28.7 Å². The molecule has 0 aliphatic heterocycles. The van der Waals surface area contributed by atoms with Crippen molar-refractivity contribution >= 4 is 27.6 Å². The van der Waals surface area contributed by atoms with E-state index >= 15 is 0 Å². The summed E-state index contributed by atoms with van der Waals surface area (Å²) in [4.78, 5) is 12.8. The first-order chi connectivity index (χ1) is 7.09. The molecule has 0 spiro atoms. The van der Waals surface area contributed by atoms with Crippen LogP contribution >= 0.6 is 15.9 Å². The van der Waals surface area contributed by atoms with Crippen LogP contribution in [0.2, 0.25) is 0 Å². The molecule has 1 N–H and O–H groups in total. The second-order valence-corrected chi connectivity index (χ2v) is 4.75. The van der Waals surface area contributed by atoms with Crippen molar-refractivity contribution in [3.63, 3.8) is 0 Å². The summed E-state index contributed by atoms with van der Waals surface area (Å²) in [7, 11) is 1.94. The normalized spacial score (nSPS) is 23.6. The van der Waals surface area contributed by atoms with Gasteiger partial charge in [-0.1, -0.05) is 15.9 Å². The monoisotopic (exact) mass is 269 g/mol. The molecule has 1 aliphatic carbocycles. The van der Waals surface area contributed by atoms with Gasteiger partial charge in [-0.05, 0) is 30.7 Å². The molecule has 80 valence electrons. The fraction of sp³-hybridized carbons (Fsp3) is 0.364. The van der Waals surface area contributed by atoms with Crippen LogP contribution in [0, 0.1) is 5.92 Å². The van der Waals surface area contributed by atoms with Gasteiger partial charge in [0.15, 0.2) is 0 Å². The molecular formula is C11H12BrNO2. The topological polar surface area (TPSA) is 40.5 Å². The van der Waals surface area contributed by atoms with Crippen molar-refractivity contribution in [2.75, 3.05) is 11.9 Å². The van der Waals surface area contributed by atoms with Crippen LogP contribution in [0.25, 0.3) is 0 Å². The molecule has 0 amide bonds. The fourth-order valence-corrected chi connectivity index (χ4v) is 2.01. The molecule has 4 heteroatoms. The van der Waals surface area contributed by atoms with Crippen LogP contribution in [0.4, 0.5) is 5.69 Å². The molecule has 15 heavy (non-hydrogen) atoms. The molecular weight excluding hydrogens is 258 g/mol. The summed E-state index contributed by atoms with van der Waals surface area (Å²) in [5.74, 6) is -0.886. The van der Waals surface area contributed by atoms with Crippen LogP contribution < -0.4 is 4.90 Å². The molecule has 0 radical (unpaired) electrons. The number of carboxylic acid groups (broad SMARTS) is 1. The maximum Gasteiger partial charge on any atom is 0.308 e. The minimum Gasteiger partial charge on any atom is -0.481 e. The van der Waals surface area contributed by atoms with Gasteiger partial charge in [0, 0.05) is 23.2 Å². The number of nitrogens with zero attached hydrogens (tertiary/aromatic N) is 1. The van der Waals surface area contributed by atoms with E-state index in [1.807, 2.05) is 36.2 Å². The second-order valence-electron chi connectivity index (χ2n) is 3.84. The average Bonchev–Trinajstić information content (AvgIpc) is 2.97. The number of aliphatic carboxylic acids is 1. The van der Waals surface area contributed by atoms with Crippen molar-refractivity contribution < 1.29 is 9.90 Å². The van der Waals surface area contributed by atoms with E-state index in [2.05, 4.69) is 15.9 Å². The average molecular weight is 270 g/mol. The second kappa shape index (κ2) is 3.85. The van der Waals surface area contributed by atoms with Gasteiger partial charge in [-0.15, -0.1) is 0 Å². The standard InChI is InChI=1S/C11H12BrNO2/c1-13(10-6-9(10)11(14)15)8-4-2-7(12)3-5-8/h2-5,9-10H,6H2,1H3,(H,14,15). The van der Waals surface area contributed by atoms with Gasteiger partial charge >= 0.3 is 5.97 Å². The van der Waals surface area contributed by atoms with Crippen LogP contribution in [0.1, 0.15) is 6.42 Å². The summed E-state index contributed by atoms with van der Waals surface area (Å²) in [6.45, 7) is 0. The van der Waals surface area contributed by atoms with Gasteiger partial charge in [-0.2, -0.15) is 0 Å². The predicted octanol–water partition coefficient (Wildman–Crippen LogP) is 2.36. The van der Waals surface area contributed by atoms with Crippen LogP contribution in [-0.4, -0.2) is 24.2 Å². The Bertz CT molecular complexity index is 377. The zero-order chi connectivity index (χ0) is 11.0. The highest BCUT2D eigenvalue weighted by Crippen LogP contribution is 2.37. The Kier molecular flexibility index (Phi) is 2.69. The molecule has 1 aliphatic rings. The number of carbonyl (C=O) groups is 1. The lowest BCUT2D eigenvalue weighted by molar-refractivity contribution is -0.138. The third-order valence-corrected chi connectivity index (χ3v) is 3.33. The maximum atomic E-state index is 10.7. The summed E-state index contributed by atoms with van der Waals surface area (Å²) in [5, 5.41) is 8.83. The van der Waals surface area contributed by atoms with Crippen molar-refractivity contribution in [2.24, 2.45) is 5.92 Å². The molecule has 3 nitrogen and oxygen atoms in total. The van der Waals surface area contributed by atoms with Gasteiger partial charge in [0.2, 0.25) is 0 Å². The number of hydrogen-bond acceptors (Lipinski definition) is 2. The first kappa shape index (κ1) is 10.5. The number of carboxylic acids is 1. The Hall–Kier alpha value is -1.03. The lowest BCUT2D eigenvalue weighted by Crippen LogP contribution is -2.23. The van der Waals surface area contributed by atoms with Crippen molar-refractivity contribution in [1.29, 1.82) is 0 Å². The van der Waals surface area contributed by atoms with E-state index in [1.54, 1.807) is 0 Å². The molecule has 1 fully saturated rings. The van der Waals surface area contributed by atoms with Crippen LogP contribution in [0.5, 0.6) is 0 Å². The quantitative estimate of drug-likeness (QED) is 0.916. The molecule has 0 saturated heterocycles. The van der Waals surface area contributed by atoms with Gasteiger partial charge in [0.25, 0.3) is 0 Å². The van der Waals surface area contributed by atoms with Gasteiger partial charge < -0.3 is 10.0 Å². The van der Waals surface area contributed by atoms with E-state index in [0.29, 0.717) is 0 Å². The Labute approximate surface area is 96.8 Å². The Morgan fingerprint density at radius 1 is 1.47 bits per heavy atom. The summed E-state index contributed by atoms with van der Waals surface area (Å²) in [6, 6.07) is 8.06. The summed E-state index contributed by atoms with van der Waals surface area (Å²) in [5.41, 5.74) is 1.06. The molecule has 0 aromatic heterocycles. The largest absolute Gasteiger partial charge is 0.481 e. The van der Waals surface area contributed by atoms with Crippen molar-refractivity contribution in [2.45, 2.75) is 12.5 Å². The summed E-state index contributed by atoms with van der Waals surface area (Å²) in [6.07, 6.45) is 0.752. The third-order valence-electron chi connectivity index (χ3n) is 2.81. The number of benzene rings is 1. The molecule has 2 atom stereocenters. The van der Waals surface area contributed by atoms with E-state index in [1.165, 1.54) is 0 Å². The summed E-state index contributed by atoms with van der Waals surface area (Å²) >= 11 is 3.37. The minimum atomic E-state index is -0.691. The zero-order valence-corrected chi connectivity index (χ0v) is 9.94. The van der Waals surface area contributed by atoms with Crippen LogP contribution in [-0.2, 0) is 4.79 Å². The molecule has 2 rings (SSSR count). The number of halogens is 1. The van der Waals surface area contributed by atoms with Crippen molar-refractivity contribution in [1.82, 2.24) is 0 Å². The maximum absolute atomic E-state index is 10.7. The Morgan fingerprint density at radius 2 is 2.07 bits per heavy atom. The third kappa shape index (κ3) is 2.15. The van der Waals surface area contributed by atoms with Crippen LogP contribution in [0.3, 0.4) is 0 Å². The van der Waals surface area contributed by atoms with E-state index in [9.17, 15) is 4.79 Å². The highest BCUT2D eigenvalue weighted by Gasteiger charge is 2.46. The van der Waals surface area contributed by atoms with E-state index in [0.717, 1.165) is 16.6 Å². The molecule has 1 saturated carbocycles. The van der Waals surface area contributed by atoms with E-state index in [4.69, 9.17) is 5.11 Å². The Balaban J connectivity index is 2.06. The van der Waals surface area contributed by atoms with Crippen LogP contribution in [0.15, 0.2) is 28.7 Å². The zero-order valence-electron chi connectivity index (χ0n) is 8.35. The highest BCUT2D eigenvalue weighted by atomic mass is 79.9. The SMILES string of the molecule is CN(c1ccc(Br)cc1)C1CC1C(=O)O. The molecule has 0 heterocycles. The fourth-order valence-electron chi connectivity index (χ4n) is 1.74. The smallest absolute Gasteiger partial charge is 0.308 e. The van der Waals surface area contributed by atoms with Crippen molar-refractivity contribution in [3.8, 4) is 0 Å². The lowest BCUT2D eigenvalue weighted by Gasteiger charge is -2.18. The molecule has 0 bridgehead atoms.